The van der Waals surface area contributed by atoms with Crippen LogP contribution in [-0.2, 0) is 19.1 Å². The van der Waals surface area contributed by atoms with Gasteiger partial charge >= 0.3 is 5.97 Å². The number of carbonyl (C=O) groups excluding carboxylic acids is 3. The molecule has 0 aromatic heterocycles. The van der Waals surface area contributed by atoms with Gasteiger partial charge in [0, 0.05) is 31.5 Å². The predicted molar refractivity (Wildman–Crippen MR) is 115 cm³/mol. The molecule has 0 aliphatic heterocycles. The number of carbonyl (C=O) groups is 3. The third-order valence-electron chi connectivity index (χ3n) is 8.66. The maximum Gasteiger partial charge on any atom is 0.311 e. The summed E-state index contributed by atoms with van der Waals surface area (Å²) in [6, 6.07) is 0. The second kappa shape index (κ2) is 8.66. The first-order valence-electron chi connectivity index (χ1n) is 11.4. The third kappa shape index (κ3) is 3.74. The van der Waals surface area contributed by atoms with Gasteiger partial charge in [-0.15, -0.1) is 0 Å². The highest BCUT2D eigenvalue weighted by molar-refractivity contribution is 5.91. The Morgan fingerprint density at radius 2 is 1.97 bits per heavy atom. The van der Waals surface area contributed by atoms with E-state index in [2.05, 4.69) is 6.92 Å². The van der Waals surface area contributed by atoms with Crippen LogP contribution in [0.5, 0.6) is 0 Å². The standard InChI is InChI=1S/C24H37NO6/c1-14-15(13-17(27)25(4)11-12-26)7-8-16-18(14)19(28)20(29)21-23(16,2)9-6-10-24(21,3)22(30)31-5/h13-14,16,18,20-21,26,29H,6-12H2,1-5H3/b15-13+/t14-,16-,18-,20-,21+,23+,24-/m0/s1. The van der Waals surface area contributed by atoms with Crippen molar-refractivity contribution in [3.8, 4) is 0 Å². The first-order valence-corrected chi connectivity index (χ1v) is 11.4. The largest absolute Gasteiger partial charge is 0.469 e. The summed E-state index contributed by atoms with van der Waals surface area (Å²) < 4.78 is 5.10. The minimum absolute atomic E-state index is 0.0510. The maximum atomic E-state index is 13.5. The van der Waals surface area contributed by atoms with Crippen LogP contribution in [0.2, 0.25) is 0 Å². The van der Waals surface area contributed by atoms with E-state index in [9.17, 15) is 19.5 Å². The Hall–Kier alpha value is -1.73. The van der Waals surface area contributed by atoms with Gasteiger partial charge in [0.15, 0.2) is 5.78 Å². The molecule has 0 saturated heterocycles. The van der Waals surface area contributed by atoms with E-state index >= 15 is 0 Å². The molecule has 3 saturated carbocycles. The van der Waals surface area contributed by atoms with E-state index in [1.165, 1.54) is 12.0 Å². The van der Waals surface area contributed by atoms with Crippen LogP contribution in [0, 0.1) is 34.5 Å². The molecule has 7 heteroatoms. The lowest BCUT2D eigenvalue weighted by molar-refractivity contribution is -0.198. The summed E-state index contributed by atoms with van der Waals surface area (Å²) in [6.07, 6.45) is 4.16. The summed E-state index contributed by atoms with van der Waals surface area (Å²) in [6.45, 7) is 6.10. The van der Waals surface area contributed by atoms with Crippen molar-refractivity contribution in [2.75, 3.05) is 27.3 Å². The number of methoxy groups -OCH3 is 1. The summed E-state index contributed by atoms with van der Waals surface area (Å²) in [5, 5.41) is 20.3. The summed E-state index contributed by atoms with van der Waals surface area (Å²) in [7, 11) is 3.01. The molecule has 31 heavy (non-hydrogen) atoms. The van der Waals surface area contributed by atoms with Crippen LogP contribution >= 0.6 is 0 Å². The normalized spacial score (nSPS) is 41.3. The number of ether oxygens (including phenoxy) is 1. The minimum atomic E-state index is -1.22. The molecule has 0 spiro atoms. The van der Waals surface area contributed by atoms with E-state index in [-0.39, 0.29) is 54.0 Å². The maximum absolute atomic E-state index is 13.5. The topological polar surface area (TPSA) is 104 Å². The van der Waals surface area contributed by atoms with Crippen LogP contribution in [0.3, 0.4) is 0 Å². The SMILES string of the molecule is COC(=O)[C@@]1(C)CCC[C@@]2(C)[C@H]1[C@@H](O)C(=O)[C@H]1[C@@H](C)/C(=C/C(=O)N(C)CCO)CC[C@@H]12. The molecule has 3 fully saturated rings. The summed E-state index contributed by atoms with van der Waals surface area (Å²) >= 11 is 0. The Balaban J connectivity index is 1.96. The second-order valence-corrected chi connectivity index (χ2v) is 10.3. The molecule has 0 heterocycles. The molecule has 0 bridgehead atoms. The van der Waals surface area contributed by atoms with Gasteiger partial charge in [-0.05, 0) is 49.9 Å². The number of fused-ring (bicyclic) bond motifs is 3. The fourth-order valence-electron chi connectivity index (χ4n) is 7.05. The Bertz CT molecular complexity index is 778. The Morgan fingerprint density at radius 3 is 2.58 bits per heavy atom. The van der Waals surface area contributed by atoms with Gasteiger partial charge < -0.3 is 19.8 Å². The monoisotopic (exact) mass is 435 g/mol. The van der Waals surface area contributed by atoms with Crippen LogP contribution in [0.15, 0.2) is 11.6 Å². The van der Waals surface area contributed by atoms with Gasteiger partial charge in [-0.3, -0.25) is 14.4 Å². The Kier molecular flexibility index (Phi) is 6.68. The molecule has 0 unspecified atom stereocenters. The van der Waals surface area contributed by atoms with Crippen LogP contribution in [-0.4, -0.2) is 66.2 Å². The number of nitrogens with zero attached hydrogens (tertiary/aromatic N) is 1. The zero-order chi connectivity index (χ0) is 23.1. The number of likely N-dealkylation sites (N-methyl/N-ethyl adjacent to an activating group) is 1. The number of aliphatic hydroxyl groups is 2. The zero-order valence-electron chi connectivity index (χ0n) is 19.4. The van der Waals surface area contributed by atoms with Gasteiger partial charge in [0.1, 0.15) is 6.10 Å². The van der Waals surface area contributed by atoms with Gasteiger partial charge in [0.25, 0.3) is 0 Å². The smallest absolute Gasteiger partial charge is 0.311 e. The van der Waals surface area contributed by atoms with Gasteiger partial charge in [-0.2, -0.15) is 0 Å². The molecule has 3 rings (SSSR count). The van der Waals surface area contributed by atoms with Gasteiger partial charge in [0.05, 0.1) is 19.1 Å². The average Bonchev–Trinajstić information content (AvgIpc) is 2.72. The van der Waals surface area contributed by atoms with Crippen LogP contribution in [0.25, 0.3) is 0 Å². The van der Waals surface area contributed by atoms with Gasteiger partial charge in [-0.1, -0.05) is 25.8 Å². The summed E-state index contributed by atoms with van der Waals surface area (Å²) in [5.41, 5.74) is -0.314. The quantitative estimate of drug-likeness (QED) is 0.517. The van der Waals surface area contributed by atoms with E-state index < -0.39 is 17.4 Å². The molecule has 174 valence electrons. The number of rotatable bonds is 4. The molecule has 3 aliphatic rings. The summed E-state index contributed by atoms with van der Waals surface area (Å²) in [5.74, 6) is -1.68. The van der Waals surface area contributed by atoms with Crippen molar-refractivity contribution in [3.05, 3.63) is 11.6 Å². The molecule has 7 atom stereocenters. The van der Waals surface area contributed by atoms with Crippen molar-refractivity contribution in [2.45, 2.75) is 59.0 Å². The van der Waals surface area contributed by atoms with Crippen molar-refractivity contribution in [1.82, 2.24) is 4.90 Å². The van der Waals surface area contributed by atoms with Crippen molar-refractivity contribution >= 4 is 17.7 Å². The fraction of sp³-hybridized carbons (Fsp3) is 0.792. The summed E-state index contributed by atoms with van der Waals surface area (Å²) in [4.78, 5) is 40.2. The van der Waals surface area contributed by atoms with Crippen molar-refractivity contribution < 1.29 is 29.3 Å². The lowest BCUT2D eigenvalue weighted by Gasteiger charge is -2.61. The fourth-order valence-corrected chi connectivity index (χ4v) is 7.05. The molecular formula is C24H37NO6. The minimum Gasteiger partial charge on any atom is -0.469 e. The van der Waals surface area contributed by atoms with Gasteiger partial charge in [-0.25, -0.2) is 0 Å². The third-order valence-corrected chi connectivity index (χ3v) is 8.66. The highest BCUT2D eigenvalue weighted by Gasteiger charge is 2.66. The van der Waals surface area contributed by atoms with Crippen LogP contribution in [0.1, 0.15) is 52.9 Å². The van der Waals surface area contributed by atoms with E-state index in [4.69, 9.17) is 9.84 Å². The number of esters is 1. The molecule has 0 radical (unpaired) electrons. The van der Waals surface area contributed by atoms with Crippen molar-refractivity contribution in [1.29, 1.82) is 0 Å². The molecule has 0 aromatic carbocycles. The first-order chi connectivity index (χ1) is 14.5. The van der Waals surface area contributed by atoms with E-state index in [1.54, 1.807) is 13.1 Å². The second-order valence-electron chi connectivity index (χ2n) is 10.3. The first kappa shape index (κ1) is 23.9. The van der Waals surface area contributed by atoms with Gasteiger partial charge in [0.2, 0.25) is 5.91 Å². The molecular weight excluding hydrogens is 398 g/mol. The van der Waals surface area contributed by atoms with E-state index in [0.29, 0.717) is 12.8 Å². The van der Waals surface area contributed by atoms with Crippen molar-refractivity contribution in [3.63, 3.8) is 0 Å². The van der Waals surface area contributed by atoms with E-state index in [0.717, 1.165) is 24.8 Å². The molecule has 3 aliphatic carbocycles. The number of aliphatic hydroxyl groups excluding tert-OH is 2. The molecule has 0 aromatic rings. The zero-order valence-corrected chi connectivity index (χ0v) is 19.4. The van der Waals surface area contributed by atoms with E-state index in [1.807, 2.05) is 13.8 Å². The number of allylic oxidation sites excluding steroid dienone is 1. The van der Waals surface area contributed by atoms with Crippen LogP contribution < -0.4 is 0 Å². The number of ketones is 1. The molecule has 1 amide bonds. The Morgan fingerprint density at radius 1 is 1.29 bits per heavy atom. The highest BCUT2D eigenvalue weighted by Crippen LogP contribution is 2.64. The van der Waals surface area contributed by atoms with Crippen molar-refractivity contribution in [2.24, 2.45) is 34.5 Å². The molecule has 7 nitrogen and oxygen atoms in total. The lowest BCUT2D eigenvalue weighted by atomic mass is 9.42. The number of hydrogen-bond donors (Lipinski definition) is 2. The number of hydrogen-bond acceptors (Lipinski definition) is 6. The molecule has 2 N–H and O–H groups in total. The number of Topliss-reactive ketones (excluding diaryl/α,β-unsaturated/α-hetero) is 1. The predicted octanol–water partition coefficient (Wildman–Crippen LogP) is 1.96. The average molecular weight is 436 g/mol. The lowest BCUT2D eigenvalue weighted by Crippen LogP contribution is -2.65. The van der Waals surface area contributed by atoms with Crippen LogP contribution in [0.4, 0.5) is 0 Å². The highest BCUT2D eigenvalue weighted by atomic mass is 16.5. The number of amides is 1. The Labute approximate surface area is 184 Å².